The summed E-state index contributed by atoms with van der Waals surface area (Å²) in [7, 11) is 0. The highest BCUT2D eigenvalue weighted by Crippen LogP contribution is 2.38. The molecule has 180 valence electrons. The second kappa shape index (κ2) is 9.97. The number of nitrogens with two attached hydrogens (primary N) is 1. The van der Waals surface area contributed by atoms with Crippen molar-refractivity contribution in [3.63, 3.8) is 0 Å². The molecule has 7 heteroatoms. The van der Waals surface area contributed by atoms with Crippen molar-refractivity contribution in [3.8, 4) is 0 Å². The van der Waals surface area contributed by atoms with Gasteiger partial charge in [0.15, 0.2) is 0 Å². The van der Waals surface area contributed by atoms with Crippen LogP contribution in [0.4, 0.5) is 0 Å². The lowest BCUT2D eigenvalue weighted by Gasteiger charge is -2.32. The summed E-state index contributed by atoms with van der Waals surface area (Å²) < 4.78 is 0. The summed E-state index contributed by atoms with van der Waals surface area (Å²) in [6.07, 6.45) is 6.87. The molecular formula is C27H34N4O3. The first-order valence-electron chi connectivity index (χ1n) is 12.0. The minimum absolute atomic E-state index is 0.194. The van der Waals surface area contributed by atoms with Crippen LogP contribution in [0.3, 0.4) is 0 Å². The van der Waals surface area contributed by atoms with Gasteiger partial charge in [0.05, 0.1) is 0 Å². The number of likely N-dealkylation sites (tertiary alicyclic amines) is 1. The molecule has 2 saturated heterocycles. The molecule has 1 aromatic carbocycles. The van der Waals surface area contributed by atoms with Crippen LogP contribution in [0.25, 0.3) is 5.70 Å². The van der Waals surface area contributed by atoms with Crippen molar-refractivity contribution < 1.29 is 14.4 Å². The first-order chi connectivity index (χ1) is 16.2. The molecule has 34 heavy (non-hydrogen) atoms. The Morgan fingerprint density at radius 2 is 1.91 bits per heavy atom. The minimum Gasteiger partial charge on any atom is -0.366 e. The number of amides is 3. The van der Waals surface area contributed by atoms with Crippen LogP contribution in [-0.2, 0) is 20.9 Å². The van der Waals surface area contributed by atoms with Gasteiger partial charge in [-0.2, -0.15) is 0 Å². The van der Waals surface area contributed by atoms with Crippen molar-refractivity contribution in [2.45, 2.75) is 58.0 Å². The summed E-state index contributed by atoms with van der Waals surface area (Å²) in [5, 5.41) is 2.46. The Morgan fingerprint density at radius 3 is 2.59 bits per heavy atom. The summed E-state index contributed by atoms with van der Waals surface area (Å²) in [6, 6.07) is 6.31. The van der Waals surface area contributed by atoms with E-state index in [4.69, 9.17) is 5.73 Å². The summed E-state index contributed by atoms with van der Waals surface area (Å²) in [4.78, 5) is 39.5. The maximum absolute atomic E-state index is 12.4. The number of primary amides is 1. The maximum Gasteiger partial charge on any atom is 0.249 e. The maximum atomic E-state index is 12.4. The van der Waals surface area contributed by atoms with Gasteiger partial charge in [-0.15, -0.1) is 0 Å². The average molecular weight is 463 g/mol. The smallest absolute Gasteiger partial charge is 0.249 e. The van der Waals surface area contributed by atoms with Crippen LogP contribution >= 0.6 is 0 Å². The second-order valence-corrected chi connectivity index (χ2v) is 9.74. The van der Waals surface area contributed by atoms with Gasteiger partial charge in [-0.3, -0.25) is 24.6 Å². The molecule has 1 atom stereocenters. The second-order valence-electron chi connectivity index (χ2n) is 9.74. The molecule has 1 aromatic rings. The van der Waals surface area contributed by atoms with Crippen molar-refractivity contribution in [1.29, 1.82) is 0 Å². The third-order valence-corrected chi connectivity index (χ3v) is 7.25. The van der Waals surface area contributed by atoms with E-state index in [1.807, 2.05) is 11.0 Å². The molecular weight excluding hydrogens is 428 g/mol. The zero-order chi connectivity index (χ0) is 24.4. The monoisotopic (exact) mass is 462 g/mol. The average Bonchev–Trinajstić information content (AvgIpc) is 3.13. The Balaban J connectivity index is 1.35. The number of benzene rings is 1. The van der Waals surface area contributed by atoms with Gasteiger partial charge < -0.3 is 10.6 Å². The molecule has 3 heterocycles. The number of allylic oxidation sites excluding steroid dienone is 2. The molecule has 0 radical (unpaired) electrons. The molecule has 0 saturated carbocycles. The van der Waals surface area contributed by atoms with Crippen LogP contribution in [0.2, 0.25) is 0 Å². The Bertz CT molecular complexity index is 1080. The van der Waals surface area contributed by atoms with Crippen LogP contribution < -0.4 is 11.1 Å². The Hall–Kier alpha value is -3.19. The highest BCUT2D eigenvalue weighted by atomic mass is 16.2. The van der Waals surface area contributed by atoms with E-state index in [0.717, 1.165) is 43.7 Å². The van der Waals surface area contributed by atoms with E-state index in [9.17, 15) is 14.4 Å². The molecule has 0 aliphatic carbocycles. The van der Waals surface area contributed by atoms with E-state index in [2.05, 4.69) is 41.9 Å². The Labute approximate surface area is 201 Å². The van der Waals surface area contributed by atoms with Crippen LogP contribution in [0.1, 0.15) is 62.1 Å². The number of piperidine rings is 2. The largest absolute Gasteiger partial charge is 0.366 e. The highest BCUT2D eigenvalue weighted by Gasteiger charge is 2.36. The van der Waals surface area contributed by atoms with Gasteiger partial charge in [-0.05, 0) is 63.2 Å². The lowest BCUT2D eigenvalue weighted by molar-refractivity contribution is -0.136. The lowest BCUT2D eigenvalue weighted by Crippen LogP contribution is -2.50. The SMILES string of the molecule is C=C1c2ccc(C3CCN(C/C(C)=C/C=C(\C)C(N)=O)CC3)cc2CN1C1CCC(=O)NC1=O. The first kappa shape index (κ1) is 24.0. The zero-order valence-corrected chi connectivity index (χ0v) is 20.1. The molecule has 3 aliphatic rings. The Morgan fingerprint density at radius 1 is 1.18 bits per heavy atom. The molecule has 3 N–H and O–H groups in total. The molecule has 2 fully saturated rings. The predicted octanol–water partition coefficient (Wildman–Crippen LogP) is 2.84. The molecule has 3 aliphatic heterocycles. The third-order valence-electron chi connectivity index (χ3n) is 7.25. The van der Waals surface area contributed by atoms with Gasteiger partial charge in [0.2, 0.25) is 17.7 Å². The molecule has 3 amide bonds. The van der Waals surface area contributed by atoms with Crippen molar-refractivity contribution in [3.05, 3.63) is 64.8 Å². The number of nitrogens with one attached hydrogen (secondary N) is 1. The zero-order valence-electron chi connectivity index (χ0n) is 20.1. The van der Waals surface area contributed by atoms with E-state index in [-0.39, 0.29) is 23.8 Å². The summed E-state index contributed by atoms with van der Waals surface area (Å²) in [5.74, 6) is -0.286. The van der Waals surface area contributed by atoms with Crippen LogP contribution in [-0.4, -0.2) is 53.2 Å². The molecule has 0 aromatic heterocycles. The quantitative estimate of drug-likeness (QED) is 0.385. The standard InChI is InChI=1S/C27H34N4O3/c1-17(4-5-18(2)26(28)33)15-30-12-10-20(11-13-30)21-6-7-23-19(3)31(16-22(23)14-21)24-8-9-25(32)29-27(24)34/h4-7,14,20,24H,3,8-13,15-16H2,1-2H3,(H2,28,33)(H,29,32,34)/b17-4+,18-5+. The van der Waals surface area contributed by atoms with Gasteiger partial charge in [-0.25, -0.2) is 0 Å². The van der Waals surface area contributed by atoms with Gasteiger partial charge in [-0.1, -0.05) is 42.5 Å². The molecule has 4 rings (SSSR count). The first-order valence-corrected chi connectivity index (χ1v) is 12.0. The van der Waals surface area contributed by atoms with Gasteiger partial charge >= 0.3 is 0 Å². The van der Waals surface area contributed by atoms with Crippen LogP contribution in [0, 0.1) is 0 Å². The number of imide groups is 1. The molecule has 0 spiro atoms. The summed E-state index contributed by atoms with van der Waals surface area (Å²) in [5.41, 5.74) is 11.6. The number of rotatable bonds is 6. The number of carbonyl (C=O) groups is 3. The van der Waals surface area contributed by atoms with Crippen LogP contribution in [0.5, 0.6) is 0 Å². The van der Waals surface area contributed by atoms with E-state index in [1.54, 1.807) is 13.0 Å². The number of carbonyl (C=O) groups excluding carboxylic acids is 3. The van der Waals surface area contributed by atoms with E-state index >= 15 is 0 Å². The number of nitrogens with zero attached hydrogens (tertiary/aromatic N) is 2. The molecule has 0 bridgehead atoms. The van der Waals surface area contributed by atoms with E-state index in [0.29, 0.717) is 30.9 Å². The number of hydrogen-bond acceptors (Lipinski definition) is 5. The fourth-order valence-corrected chi connectivity index (χ4v) is 5.17. The van der Waals surface area contributed by atoms with Crippen molar-refractivity contribution in [2.24, 2.45) is 5.73 Å². The van der Waals surface area contributed by atoms with Crippen molar-refractivity contribution in [1.82, 2.24) is 15.1 Å². The number of fused-ring (bicyclic) bond motifs is 1. The topological polar surface area (TPSA) is 95.7 Å². The number of hydrogen-bond donors (Lipinski definition) is 2. The van der Waals surface area contributed by atoms with Crippen molar-refractivity contribution >= 4 is 23.4 Å². The summed E-state index contributed by atoms with van der Waals surface area (Å²) in [6.45, 7) is 11.7. The highest BCUT2D eigenvalue weighted by molar-refractivity contribution is 6.01. The third kappa shape index (κ3) is 5.14. The van der Waals surface area contributed by atoms with Crippen LogP contribution in [0.15, 0.2) is 48.1 Å². The van der Waals surface area contributed by atoms with Gasteiger partial charge in [0, 0.05) is 36.3 Å². The van der Waals surface area contributed by atoms with E-state index in [1.165, 1.54) is 16.7 Å². The predicted molar refractivity (Wildman–Crippen MR) is 132 cm³/mol. The molecule has 7 nitrogen and oxygen atoms in total. The molecule has 1 unspecified atom stereocenters. The van der Waals surface area contributed by atoms with Gasteiger partial charge in [0.1, 0.15) is 6.04 Å². The Kier molecular flexibility index (Phi) is 7.03. The van der Waals surface area contributed by atoms with Gasteiger partial charge in [0.25, 0.3) is 0 Å². The lowest BCUT2D eigenvalue weighted by atomic mass is 9.87. The fraction of sp³-hybridized carbons (Fsp3) is 0.444. The van der Waals surface area contributed by atoms with E-state index < -0.39 is 0 Å². The van der Waals surface area contributed by atoms with Crippen molar-refractivity contribution in [2.75, 3.05) is 19.6 Å². The fourth-order valence-electron chi connectivity index (χ4n) is 5.17. The minimum atomic E-state index is -0.386. The normalized spacial score (nSPS) is 22.7. The summed E-state index contributed by atoms with van der Waals surface area (Å²) >= 11 is 0.